The van der Waals surface area contributed by atoms with E-state index in [1.165, 1.54) is 0 Å². The molecule has 0 aliphatic carbocycles. The van der Waals surface area contributed by atoms with Crippen molar-refractivity contribution < 1.29 is 32.7 Å². The molecule has 0 saturated carbocycles. The molecular weight excluding hydrogens is 395 g/mol. The van der Waals surface area contributed by atoms with Gasteiger partial charge in [-0.2, -0.15) is 0 Å². The number of unbranched alkanes of at least 4 members (excludes halogenated alkanes) is 7. The molecule has 0 fully saturated rings. The first-order valence-electron chi connectivity index (χ1n) is 11.1. The molecule has 0 N–H and O–H groups in total. The van der Waals surface area contributed by atoms with Crippen LogP contribution < -0.4 is 0 Å². The zero-order chi connectivity index (χ0) is 22.0. The second-order valence-corrected chi connectivity index (χ2v) is 9.03. The zero-order valence-corrected chi connectivity index (χ0v) is 19.7. The Labute approximate surface area is 176 Å². The lowest BCUT2D eigenvalue weighted by atomic mass is 10.00. The van der Waals surface area contributed by atoms with E-state index in [1.807, 2.05) is 13.8 Å². The van der Waals surface area contributed by atoms with Crippen LogP contribution in [0.25, 0.3) is 0 Å². The van der Waals surface area contributed by atoms with E-state index in [1.54, 1.807) is 13.8 Å². The molecule has 7 nitrogen and oxygen atoms in total. The van der Waals surface area contributed by atoms with Crippen molar-refractivity contribution >= 4 is 19.5 Å². The van der Waals surface area contributed by atoms with Gasteiger partial charge in [-0.05, 0) is 40.5 Å². The summed E-state index contributed by atoms with van der Waals surface area (Å²) >= 11 is 0. The lowest BCUT2D eigenvalue weighted by molar-refractivity contribution is -0.161. The fraction of sp³-hybridized carbons (Fsp3) is 0.905. The molecule has 0 unspecified atom stereocenters. The molecule has 0 radical (unpaired) electrons. The van der Waals surface area contributed by atoms with Crippen molar-refractivity contribution in [2.75, 3.05) is 32.6 Å². The maximum Gasteiger partial charge on any atom is 0.330 e. The minimum absolute atomic E-state index is 0.263. The minimum Gasteiger partial charge on any atom is -0.465 e. The topological polar surface area (TPSA) is 88.1 Å². The summed E-state index contributed by atoms with van der Waals surface area (Å²) in [6.45, 7) is 8.45. The highest BCUT2D eigenvalue weighted by molar-refractivity contribution is 7.53. The average Bonchev–Trinajstić information content (AvgIpc) is 2.66. The van der Waals surface area contributed by atoms with Gasteiger partial charge in [-0.1, -0.05) is 44.9 Å². The molecule has 0 aromatic rings. The molecule has 0 bridgehead atoms. The maximum absolute atomic E-state index is 12.3. The van der Waals surface area contributed by atoms with Crippen molar-refractivity contribution in [1.29, 1.82) is 0 Å². The first-order chi connectivity index (χ1) is 13.9. The number of hydrogen-bond acceptors (Lipinski definition) is 7. The Morgan fingerprint density at radius 1 is 0.655 bits per heavy atom. The van der Waals surface area contributed by atoms with Crippen molar-refractivity contribution in [2.24, 2.45) is 5.92 Å². The summed E-state index contributed by atoms with van der Waals surface area (Å²) in [4.78, 5) is 23.8. The van der Waals surface area contributed by atoms with Gasteiger partial charge in [-0.25, -0.2) is 0 Å². The average molecular weight is 437 g/mol. The summed E-state index contributed by atoms with van der Waals surface area (Å²) in [5.41, 5.74) is 0. The first-order valence-corrected chi connectivity index (χ1v) is 12.9. The summed E-state index contributed by atoms with van der Waals surface area (Å²) in [6, 6.07) is 0. The van der Waals surface area contributed by atoms with Crippen LogP contribution in [-0.4, -0.2) is 44.5 Å². The maximum atomic E-state index is 12.3. The van der Waals surface area contributed by atoms with E-state index in [2.05, 4.69) is 0 Å². The highest BCUT2D eigenvalue weighted by Gasteiger charge is 2.28. The second-order valence-electron chi connectivity index (χ2n) is 6.84. The molecule has 8 heteroatoms. The van der Waals surface area contributed by atoms with Gasteiger partial charge in [-0.3, -0.25) is 14.2 Å². The second kappa shape index (κ2) is 17.9. The standard InChI is InChI=1S/C21H41O7P/c1-5-25-20(22)19(21(23)26-6-2)17-15-13-11-9-10-12-14-16-18-29(24,27-7-3)28-8-4/h19H,5-18H2,1-4H3. The first kappa shape index (κ1) is 28.1. The lowest BCUT2D eigenvalue weighted by Gasteiger charge is -2.16. The van der Waals surface area contributed by atoms with E-state index in [-0.39, 0.29) is 13.2 Å². The molecule has 0 saturated heterocycles. The SMILES string of the molecule is CCOC(=O)C(CCCCCCCCCCP(=O)(OCC)OCC)C(=O)OCC. The van der Waals surface area contributed by atoms with Crippen molar-refractivity contribution in [2.45, 2.75) is 85.5 Å². The van der Waals surface area contributed by atoms with Gasteiger partial charge in [0.2, 0.25) is 0 Å². The number of ether oxygens (including phenoxy) is 2. The Hall–Kier alpha value is -0.910. The van der Waals surface area contributed by atoms with Crippen LogP contribution in [0.3, 0.4) is 0 Å². The van der Waals surface area contributed by atoms with Crippen LogP contribution in [0.5, 0.6) is 0 Å². The predicted molar refractivity (Wildman–Crippen MR) is 114 cm³/mol. The molecule has 0 aliphatic heterocycles. The third-order valence-corrected chi connectivity index (χ3v) is 6.64. The molecule has 0 aromatic heterocycles. The largest absolute Gasteiger partial charge is 0.465 e. The van der Waals surface area contributed by atoms with Gasteiger partial charge in [0.05, 0.1) is 32.6 Å². The Morgan fingerprint density at radius 3 is 1.48 bits per heavy atom. The highest BCUT2D eigenvalue weighted by Crippen LogP contribution is 2.48. The molecule has 0 heterocycles. The van der Waals surface area contributed by atoms with Gasteiger partial charge in [0.25, 0.3) is 0 Å². The van der Waals surface area contributed by atoms with E-state index >= 15 is 0 Å². The Bertz CT molecular complexity index is 454. The molecule has 0 atom stereocenters. The van der Waals surface area contributed by atoms with Crippen molar-refractivity contribution in [3.8, 4) is 0 Å². The van der Waals surface area contributed by atoms with E-state index in [4.69, 9.17) is 18.5 Å². The molecule has 0 spiro atoms. The fourth-order valence-electron chi connectivity index (χ4n) is 3.09. The van der Waals surface area contributed by atoms with Gasteiger partial charge >= 0.3 is 19.5 Å². The Kier molecular flexibility index (Phi) is 17.3. The highest BCUT2D eigenvalue weighted by atomic mass is 31.2. The van der Waals surface area contributed by atoms with Crippen molar-refractivity contribution in [1.82, 2.24) is 0 Å². The third kappa shape index (κ3) is 13.8. The molecule has 0 amide bonds. The third-order valence-electron chi connectivity index (χ3n) is 4.47. The van der Waals surface area contributed by atoms with Gasteiger partial charge in [0, 0.05) is 0 Å². The summed E-state index contributed by atoms with van der Waals surface area (Å²) < 4.78 is 32.9. The van der Waals surface area contributed by atoms with Gasteiger partial charge in [0.1, 0.15) is 0 Å². The van der Waals surface area contributed by atoms with Crippen molar-refractivity contribution in [3.05, 3.63) is 0 Å². The number of hydrogen-bond donors (Lipinski definition) is 0. The summed E-state index contributed by atoms with van der Waals surface area (Å²) in [7, 11) is -2.90. The van der Waals surface area contributed by atoms with Crippen LogP contribution in [0.4, 0.5) is 0 Å². The molecule has 0 aliphatic rings. The minimum atomic E-state index is -2.90. The zero-order valence-electron chi connectivity index (χ0n) is 18.8. The summed E-state index contributed by atoms with van der Waals surface area (Å²) in [5, 5.41) is 0. The van der Waals surface area contributed by atoms with Crippen LogP contribution >= 0.6 is 7.60 Å². The van der Waals surface area contributed by atoms with Crippen LogP contribution in [0.2, 0.25) is 0 Å². The fourth-order valence-corrected chi connectivity index (χ4v) is 4.82. The monoisotopic (exact) mass is 436 g/mol. The number of carbonyl (C=O) groups is 2. The molecule has 29 heavy (non-hydrogen) atoms. The summed E-state index contributed by atoms with van der Waals surface area (Å²) in [5.74, 6) is -1.77. The van der Waals surface area contributed by atoms with E-state index in [0.717, 1.165) is 51.4 Å². The number of esters is 2. The Morgan fingerprint density at radius 2 is 1.07 bits per heavy atom. The smallest absolute Gasteiger partial charge is 0.330 e. The van der Waals surface area contributed by atoms with Gasteiger partial charge in [0.15, 0.2) is 5.92 Å². The van der Waals surface area contributed by atoms with E-state index in [0.29, 0.717) is 25.8 Å². The lowest BCUT2D eigenvalue weighted by Crippen LogP contribution is -2.28. The van der Waals surface area contributed by atoms with E-state index < -0.39 is 25.5 Å². The molecule has 0 rings (SSSR count). The molecule has 0 aromatic carbocycles. The Balaban J connectivity index is 3.88. The number of rotatable bonds is 19. The van der Waals surface area contributed by atoms with Gasteiger partial charge in [-0.15, -0.1) is 0 Å². The van der Waals surface area contributed by atoms with Crippen LogP contribution in [0.15, 0.2) is 0 Å². The van der Waals surface area contributed by atoms with Gasteiger partial charge < -0.3 is 18.5 Å². The van der Waals surface area contributed by atoms with Crippen LogP contribution in [0.1, 0.15) is 85.5 Å². The number of carbonyl (C=O) groups excluding carboxylic acids is 2. The van der Waals surface area contributed by atoms with Crippen molar-refractivity contribution in [3.63, 3.8) is 0 Å². The van der Waals surface area contributed by atoms with Crippen LogP contribution in [0, 0.1) is 5.92 Å². The van der Waals surface area contributed by atoms with E-state index in [9.17, 15) is 14.2 Å². The molecular formula is C21H41O7P. The van der Waals surface area contributed by atoms with Crippen LogP contribution in [-0.2, 0) is 32.7 Å². The molecule has 172 valence electrons. The normalized spacial score (nSPS) is 11.6. The summed E-state index contributed by atoms with van der Waals surface area (Å²) in [6.07, 6.45) is 8.97. The predicted octanol–water partition coefficient (Wildman–Crippen LogP) is 5.51. The quantitative estimate of drug-likeness (QED) is 0.114.